The summed E-state index contributed by atoms with van der Waals surface area (Å²) < 4.78 is 0. The van der Waals surface area contributed by atoms with Crippen LogP contribution in [-0.2, 0) is 0 Å². The summed E-state index contributed by atoms with van der Waals surface area (Å²) in [7, 11) is 0. The minimum atomic E-state index is 1.04. The summed E-state index contributed by atoms with van der Waals surface area (Å²) >= 11 is 0. The third-order valence-corrected chi connectivity index (χ3v) is 2.23. The molecule has 0 spiro atoms. The molecule has 0 unspecified atom stereocenters. The Hall–Kier alpha value is -0.530. The van der Waals surface area contributed by atoms with E-state index in [2.05, 4.69) is 17.2 Å². The number of aliphatic imine (C=N–C) groups is 1. The van der Waals surface area contributed by atoms with E-state index in [1.807, 2.05) is 0 Å². The highest BCUT2D eigenvalue weighted by Crippen LogP contribution is 2.02. The number of amidine groups is 1. The lowest BCUT2D eigenvalue weighted by Gasteiger charge is -2.04. The summed E-state index contributed by atoms with van der Waals surface area (Å²) in [4.78, 5) is 4.36. The van der Waals surface area contributed by atoms with Crippen LogP contribution in [-0.4, -0.2) is 18.9 Å². The van der Waals surface area contributed by atoms with Gasteiger partial charge in [-0.05, 0) is 12.8 Å². The third kappa shape index (κ3) is 3.74. The van der Waals surface area contributed by atoms with Crippen LogP contribution in [0.4, 0.5) is 0 Å². The zero-order chi connectivity index (χ0) is 8.65. The predicted molar refractivity (Wildman–Crippen MR) is 53.7 cm³/mol. The van der Waals surface area contributed by atoms with Crippen molar-refractivity contribution < 1.29 is 0 Å². The minimum absolute atomic E-state index is 1.04. The van der Waals surface area contributed by atoms with Crippen molar-refractivity contribution in [1.29, 1.82) is 0 Å². The molecule has 0 aromatic heterocycles. The van der Waals surface area contributed by atoms with E-state index < -0.39 is 0 Å². The van der Waals surface area contributed by atoms with Crippen molar-refractivity contribution in [2.24, 2.45) is 4.99 Å². The SMILES string of the molecule is CCCCCCNC1=NCCC1. The number of unbranched alkanes of at least 4 members (excludes halogenated alkanes) is 3. The first-order valence-corrected chi connectivity index (χ1v) is 5.20. The Morgan fingerprint density at radius 3 is 2.92 bits per heavy atom. The highest BCUT2D eigenvalue weighted by atomic mass is 15.0. The van der Waals surface area contributed by atoms with Crippen LogP contribution in [0.1, 0.15) is 45.4 Å². The van der Waals surface area contributed by atoms with Crippen molar-refractivity contribution in [1.82, 2.24) is 5.32 Å². The van der Waals surface area contributed by atoms with E-state index in [0.29, 0.717) is 0 Å². The fourth-order valence-corrected chi connectivity index (χ4v) is 1.47. The standard InChI is InChI=1S/C10H20N2/c1-2-3-4-5-8-11-10-7-6-9-12-10/h2-9H2,1H3,(H,11,12). The van der Waals surface area contributed by atoms with Gasteiger partial charge in [-0.25, -0.2) is 0 Å². The zero-order valence-electron chi connectivity index (χ0n) is 8.10. The number of rotatable bonds is 5. The molecule has 0 bridgehead atoms. The Morgan fingerprint density at radius 1 is 1.33 bits per heavy atom. The number of nitrogens with zero attached hydrogens (tertiary/aromatic N) is 1. The first-order valence-electron chi connectivity index (χ1n) is 5.20. The molecule has 70 valence electrons. The number of hydrogen-bond donors (Lipinski definition) is 1. The normalized spacial score (nSPS) is 16.2. The molecular weight excluding hydrogens is 148 g/mol. The molecule has 1 rings (SSSR count). The molecule has 0 saturated heterocycles. The van der Waals surface area contributed by atoms with Gasteiger partial charge >= 0.3 is 0 Å². The second kappa shape index (κ2) is 6.04. The van der Waals surface area contributed by atoms with Crippen molar-refractivity contribution in [3.8, 4) is 0 Å². The largest absolute Gasteiger partial charge is 0.374 e. The fourth-order valence-electron chi connectivity index (χ4n) is 1.47. The third-order valence-electron chi connectivity index (χ3n) is 2.23. The topological polar surface area (TPSA) is 24.4 Å². The van der Waals surface area contributed by atoms with Crippen molar-refractivity contribution >= 4 is 5.84 Å². The lowest BCUT2D eigenvalue weighted by atomic mass is 10.2. The molecule has 2 nitrogen and oxygen atoms in total. The maximum absolute atomic E-state index is 4.36. The van der Waals surface area contributed by atoms with Crippen LogP contribution in [0.5, 0.6) is 0 Å². The van der Waals surface area contributed by atoms with Crippen molar-refractivity contribution in [3.05, 3.63) is 0 Å². The van der Waals surface area contributed by atoms with Gasteiger partial charge in [0, 0.05) is 19.5 Å². The average molecular weight is 168 g/mol. The Kier molecular flexibility index (Phi) is 4.81. The van der Waals surface area contributed by atoms with Crippen molar-refractivity contribution in [3.63, 3.8) is 0 Å². The molecule has 1 N–H and O–H groups in total. The van der Waals surface area contributed by atoms with Gasteiger partial charge < -0.3 is 5.32 Å². The summed E-state index contributed by atoms with van der Waals surface area (Å²) in [6.07, 6.45) is 7.77. The van der Waals surface area contributed by atoms with E-state index in [1.54, 1.807) is 0 Å². The van der Waals surface area contributed by atoms with Crippen LogP contribution in [0.3, 0.4) is 0 Å². The molecule has 0 aliphatic carbocycles. The van der Waals surface area contributed by atoms with Crippen LogP contribution in [0, 0.1) is 0 Å². The molecule has 0 amide bonds. The van der Waals surface area contributed by atoms with Gasteiger partial charge in [-0.15, -0.1) is 0 Å². The molecule has 1 heterocycles. The van der Waals surface area contributed by atoms with E-state index in [-0.39, 0.29) is 0 Å². The van der Waals surface area contributed by atoms with Gasteiger partial charge in [0.05, 0.1) is 5.84 Å². The van der Waals surface area contributed by atoms with Crippen LogP contribution >= 0.6 is 0 Å². The molecule has 0 atom stereocenters. The molecule has 0 saturated carbocycles. The first kappa shape index (κ1) is 9.56. The van der Waals surface area contributed by atoms with E-state index in [0.717, 1.165) is 13.1 Å². The van der Waals surface area contributed by atoms with Crippen LogP contribution in [0.2, 0.25) is 0 Å². The van der Waals surface area contributed by atoms with Crippen molar-refractivity contribution in [2.45, 2.75) is 45.4 Å². The molecule has 0 radical (unpaired) electrons. The maximum atomic E-state index is 4.36. The van der Waals surface area contributed by atoms with Gasteiger partial charge in [-0.3, -0.25) is 4.99 Å². The summed E-state index contributed by atoms with van der Waals surface area (Å²) in [5.41, 5.74) is 0. The summed E-state index contributed by atoms with van der Waals surface area (Å²) in [5.74, 6) is 1.24. The van der Waals surface area contributed by atoms with Gasteiger partial charge in [0.25, 0.3) is 0 Å². The van der Waals surface area contributed by atoms with E-state index in [1.165, 1.54) is 44.4 Å². The van der Waals surface area contributed by atoms with Crippen LogP contribution < -0.4 is 5.32 Å². The molecule has 1 aliphatic rings. The first-order chi connectivity index (χ1) is 5.93. The van der Waals surface area contributed by atoms with Gasteiger partial charge in [0.1, 0.15) is 0 Å². The lowest BCUT2D eigenvalue weighted by molar-refractivity contribution is 0.652. The average Bonchev–Trinajstić information content (AvgIpc) is 2.57. The molecule has 2 heteroatoms. The summed E-state index contributed by atoms with van der Waals surface area (Å²) in [5, 5.41) is 3.39. The Balaban J connectivity index is 1.88. The van der Waals surface area contributed by atoms with Crippen molar-refractivity contribution in [2.75, 3.05) is 13.1 Å². The van der Waals surface area contributed by atoms with Gasteiger partial charge in [0.15, 0.2) is 0 Å². The van der Waals surface area contributed by atoms with E-state index in [9.17, 15) is 0 Å². The zero-order valence-corrected chi connectivity index (χ0v) is 8.10. The highest BCUT2D eigenvalue weighted by molar-refractivity contribution is 5.83. The number of hydrogen-bond acceptors (Lipinski definition) is 2. The second-order valence-electron chi connectivity index (χ2n) is 3.42. The summed E-state index contributed by atoms with van der Waals surface area (Å²) in [6.45, 7) is 4.41. The van der Waals surface area contributed by atoms with Gasteiger partial charge in [-0.1, -0.05) is 26.2 Å². The maximum Gasteiger partial charge on any atom is 0.0963 e. The molecule has 12 heavy (non-hydrogen) atoms. The highest BCUT2D eigenvalue weighted by Gasteiger charge is 2.03. The Morgan fingerprint density at radius 2 is 2.25 bits per heavy atom. The smallest absolute Gasteiger partial charge is 0.0963 e. The van der Waals surface area contributed by atoms with Gasteiger partial charge in [0.2, 0.25) is 0 Å². The Bertz CT molecular complexity index is 141. The minimum Gasteiger partial charge on any atom is -0.374 e. The molecule has 1 aliphatic heterocycles. The van der Waals surface area contributed by atoms with E-state index in [4.69, 9.17) is 0 Å². The number of nitrogens with one attached hydrogen (secondary N) is 1. The Labute approximate surface area is 75.5 Å². The molecule has 0 aromatic carbocycles. The molecule has 0 aromatic rings. The fraction of sp³-hybridized carbons (Fsp3) is 0.900. The van der Waals surface area contributed by atoms with Crippen LogP contribution in [0.25, 0.3) is 0 Å². The van der Waals surface area contributed by atoms with Crippen LogP contribution in [0.15, 0.2) is 4.99 Å². The van der Waals surface area contributed by atoms with Gasteiger partial charge in [-0.2, -0.15) is 0 Å². The molecular formula is C10H20N2. The predicted octanol–water partition coefficient (Wildman–Crippen LogP) is 2.35. The monoisotopic (exact) mass is 168 g/mol. The second-order valence-corrected chi connectivity index (χ2v) is 3.42. The summed E-state index contributed by atoms with van der Waals surface area (Å²) in [6, 6.07) is 0. The lowest BCUT2D eigenvalue weighted by Crippen LogP contribution is -2.22. The van der Waals surface area contributed by atoms with E-state index >= 15 is 0 Å². The quantitative estimate of drug-likeness (QED) is 0.626. The molecule has 0 fully saturated rings.